The number of anilines is 1. The van der Waals surface area contributed by atoms with Crippen LogP contribution in [-0.2, 0) is 9.59 Å². The van der Waals surface area contributed by atoms with Crippen LogP contribution in [-0.4, -0.2) is 43.5 Å². The van der Waals surface area contributed by atoms with E-state index in [9.17, 15) is 9.59 Å². The fourth-order valence-corrected chi connectivity index (χ4v) is 5.82. The first kappa shape index (κ1) is 24.6. The normalized spacial score (nSPS) is 15.0. The molecule has 6 nitrogen and oxygen atoms in total. The second kappa shape index (κ2) is 11.8. The summed E-state index contributed by atoms with van der Waals surface area (Å²) in [5.74, 6) is 0.0353. The fourth-order valence-electron chi connectivity index (χ4n) is 2.84. The minimum atomic E-state index is -0.388. The molecule has 34 heavy (non-hydrogen) atoms. The molecule has 172 valence electrons. The molecule has 1 saturated heterocycles. The van der Waals surface area contributed by atoms with Gasteiger partial charge in [0.15, 0.2) is 4.34 Å². The zero-order chi connectivity index (χ0) is 23.9. The van der Waals surface area contributed by atoms with Gasteiger partial charge in [-0.1, -0.05) is 113 Å². The number of rotatable bonds is 8. The van der Waals surface area contributed by atoms with Crippen molar-refractivity contribution in [1.82, 2.24) is 15.1 Å². The maximum absolute atomic E-state index is 12.7. The van der Waals surface area contributed by atoms with Crippen molar-refractivity contribution in [3.8, 4) is 0 Å². The van der Waals surface area contributed by atoms with E-state index in [-0.39, 0.29) is 18.4 Å². The van der Waals surface area contributed by atoms with E-state index in [4.69, 9.17) is 23.8 Å². The van der Waals surface area contributed by atoms with Gasteiger partial charge in [0.1, 0.15) is 10.9 Å². The van der Waals surface area contributed by atoms with Crippen LogP contribution in [0, 0.1) is 0 Å². The number of benzene rings is 2. The Morgan fingerprint density at radius 3 is 2.65 bits per heavy atom. The lowest BCUT2D eigenvalue weighted by Gasteiger charge is -2.13. The molecule has 0 aliphatic carbocycles. The molecule has 0 atom stereocenters. The van der Waals surface area contributed by atoms with Crippen LogP contribution >= 0.6 is 58.7 Å². The van der Waals surface area contributed by atoms with Crippen molar-refractivity contribution in [2.24, 2.45) is 0 Å². The maximum Gasteiger partial charge on any atom is 0.266 e. The molecule has 0 bridgehead atoms. The topological polar surface area (TPSA) is 75.2 Å². The molecule has 11 heteroatoms. The van der Waals surface area contributed by atoms with Gasteiger partial charge in [-0.3, -0.25) is 19.8 Å². The molecule has 0 unspecified atom stereocenters. The van der Waals surface area contributed by atoms with Crippen LogP contribution in [0.1, 0.15) is 11.1 Å². The summed E-state index contributed by atoms with van der Waals surface area (Å²) in [6.07, 6.45) is 5.82. The Labute approximate surface area is 219 Å². The Morgan fingerprint density at radius 2 is 1.88 bits per heavy atom. The summed E-state index contributed by atoms with van der Waals surface area (Å²) in [7, 11) is 0. The summed E-state index contributed by atoms with van der Waals surface area (Å²) in [5.41, 5.74) is 1.96. The van der Waals surface area contributed by atoms with Crippen LogP contribution in [0.15, 0.2) is 69.9 Å². The highest BCUT2D eigenvalue weighted by atomic mass is 35.5. The quantitative estimate of drug-likeness (QED) is 0.165. The van der Waals surface area contributed by atoms with E-state index in [0.29, 0.717) is 19.4 Å². The average molecular weight is 545 g/mol. The number of nitrogens with one attached hydrogen (secondary N) is 1. The number of nitrogens with zero attached hydrogens (tertiary/aromatic N) is 3. The van der Waals surface area contributed by atoms with Gasteiger partial charge in [-0.2, -0.15) is 0 Å². The summed E-state index contributed by atoms with van der Waals surface area (Å²) in [6, 6.07) is 17.1. The van der Waals surface area contributed by atoms with Crippen LogP contribution in [0.2, 0.25) is 5.02 Å². The fraction of sp³-hybridized carbons (Fsp3) is 0.0870. The minimum Gasteiger partial charge on any atom is -0.299 e. The molecule has 0 spiro atoms. The van der Waals surface area contributed by atoms with Gasteiger partial charge >= 0.3 is 0 Å². The van der Waals surface area contributed by atoms with Gasteiger partial charge in [-0.15, -0.1) is 10.2 Å². The average Bonchev–Trinajstić information content (AvgIpc) is 3.38. The van der Waals surface area contributed by atoms with Gasteiger partial charge in [0.05, 0.1) is 4.91 Å². The predicted octanol–water partition coefficient (Wildman–Crippen LogP) is 5.84. The number of thioether (sulfide) groups is 2. The SMILES string of the molecule is O=C(CN1C(=O)/C(=C\c2ccc(Cl)cc2)SC1=S)Nc1nnc(SC/C=C/c2ccccc2)s1. The first-order valence-electron chi connectivity index (χ1n) is 9.96. The van der Waals surface area contributed by atoms with Gasteiger partial charge < -0.3 is 0 Å². The van der Waals surface area contributed by atoms with Crippen LogP contribution in [0.25, 0.3) is 12.2 Å². The molecule has 4 rings (SSSR count). The number of thiocarbonyl (C=S) groups is 1. The van der Waals surface area contributed by atoms with E-state index < -0.39 is 0 Å². The van der Waals surface area contributed by atoms with E-state index in [1.807, 2.05) is 54.6 Å². The van der Waals surface area contributed by atoms with Crippen LogP contribution < -0.4 is 5.32 Å². The zero-order valence-corrected chi connectivity index (χ0v) is 21.5. The third-order valence-electron chi connectivity index (χ3n) is 4.41. The van der Waals surface area contributed by atoms with E-state index in [0.717, 1.165) is 33.0 Å². The third-order valence-corrected chi connectivity index (χ3v) is 7.96. The molecule has 1 aromatic heterocycles. The molecular weight excluding hydrogens is 528 g/mol. The summed E-state index contributed by atoms with van der Waals surface area (Å²) in [6.45, 7) is -0.190. The zero-order valence-electron chi connectivity index (χ0n) is 17.5. The van der Waals surface area contributed by atoms with Gasteiger partial charge in [0.2, 0.25) is 11.0 Å². The highest BCUT2D eigenvalue weighted by molar-refractivity contribution is 8.26. The third kappa shape index (κ3) is 6.77. The van der Waals surface area contributed by atoms with Crippen molar-refractivity contribution in [3.63, 3.8) is 0 Å². The van der Waals surface area contributed by atoms with Crippen molar-refractivity contribution in [1.29, 1.82) is 0 Å². The van der Waals surface area contributed by atoms with Crippen molar-refractivity contribution in [2.75, 3.05) is 17.6 Å². The van der Waals surface area contributed by atoms with Gasteiger partial charge in [-0.25, -0.2) is 0 Å². The predicted molar refractivity (Wildman–Crippen MR) is 146 cm³/mol. The van der Waals surface area contributed by atoms with E-state index in [1.54, 1.807) is 18.2 Å². The van der Waals surface area contributed by atoms with Crippen LogP contribution in [0.4, 0.5) is 5.13 Å². The monoisotopic (exact) mass is 544 g/mol. The second-order valence-corrected chi connectivity index (χ2v) is 11.2. The summed E-state index contributed by atoms with van der Waals surface area (Å²) < 4.78 is 1.07. The number of hydrogen-bond acceptors (Lipinski definition) is 8. The number of halogens is 1. The first-order valence-corrected chi connectivity index (χ1v) is 13.4. The summed E-state index contributed by atoms with van der Waals surface area (Å²) in [5, 5.41) is 11.8. The Hall–Kier alpha value is -2.50. The van der Waals surface area contributed by atoms with Crippen LogP contribution in [0.5, 0.6) is 0 Å². The smallest absolute Gasteiger partial charge is 0.266 e. The number of aromatic nitrogens is 2. The van der Waals surface area contributed by atoms with Crippen molar-refractivity contribution in [3.05, 3.63) is 81.7 Å². The Kier molecular flexibility index (Phi) is 8.52. The number of hydrogen-bond donors (Lipinski definition) is 1. The molecule has 3 aromatic rings. The van der Waals surface area contributed by atoms with Crippen molar-refractivity contribution < 1.29 is 9.59 Å². The Bertz CT molecular complexity index is 1260. The largest absolute Gasteiger partial charge is 0.299 e. The van der Waals surface area contributed by atoms with Gasteiger partial charge in [0, 0.05) is 10.8 Å². The van der Waals surface area contributed by atoms with Crippen molar-refractivity contribution >= 4 is 92.1 Å². The number of carbonyl (C=O) groups is 2. The Balaban J connectivity index is 1.28. The molecule has 2 amide bonds. The van der Waals surface area contributed by atoms with Crippen LogP contribution in [0.3, 0.4) is 0 Å². The lowest BCUT2D eigenvalue weighted by atomic mass is 10.2. The highest BCUT2D eigenvalue weighted by Gasteiger charge is 2.33. The Morgan fingerprint density at radius 1 is 1.12 bits per heavy atom. The molecule has 0 radical (unpaired) electrons. The van der Waals surface area contributed by atoms with Gasteiger partial charge in [-0.05, 0) is 29.3 Å². The lowest BCUT2D eigenvalue weighted by molar-refractivity contribution is -0.126. The maximum atomic E-state index is 12.7. The molecule has 1 aliphatic rings. The molecule has 2 aromatic carbocycles. The van der Waals surface area contributed by atoms with E-state index in [1.165, 1.54) is 28.0 Å². The van der Waals surface area contributed by atoms with E-state index in [2.05, 4.69) is 15.5 Å². The first-order chi connectivity index (χ1) is 16.5. The summed E-state index contributed by atoms with van der Waals surface area (Å²) in [4.78, 5) is 27.0. The lowest BCUT2D eigenvalue weighted by Crippen LogP contribution is -2.36. The number of carbonyl (C=O) groups excluding carboxylic acids is 2. The highest BCUT2D eigenvalue weighted by Crippen LogP contribution is 2.33. The molecule has 1 fully saturated rings. The minimum absolute atomic E-state index is 0.190. The standard InChI is InChI=1S/C23H17ClN4O2S4/c24-17-10-8-16(9-11-17)13-18-20(30)28(23(31)33-18)14-19(29)25-21-26-27-22(34-21)32-12-4-7-15-5-2-1-3-6-15/h1-11,13H,12,14H2,(H,25,26,29)/b7-4+,18-13+. The molecule has 2 heterocycles. The molecule has 0 saturated carbocycles. The van der Waals surface area contributed by atoms with E-state index >= 15 is 0 Å². The molecule has 1 N–H and O–H groups in total. The summed E-state index contributed by atoms with van der Waals surface area (Å²) >= 11 is 15.2. The van der Waals surface area contributed by atoms with Gasteiger partial charge in [0.25, 0.3) is 5.91 Å². The second-order valence-electron chi connectivity index (χ2n) is 6.86. The number of amides is 2. The van der Waals surface area contributed by atoms with Crippen molar-refractivity contribution in [2.45, 2.75) is 4.34 Å². The molecular formula is C23H17ClN4O2S4. The molecule has 1 aliphatic heterocycles.